The molecule has 2 nitrogen and oxygen atoms in total. The summed E-state index contributed by atoms with van der Waals surface area (Å²) in [5.74, 6) is -0.373. The molecule has 0 unspecified atom stereocenters. The van der Waals surface area contributed by atoms with E-state index in [-0.39, 0.29) is 11.4 Å². The zero-order chi connectivity index (χ0) is 8.97. The Hall–Kier alpha value is -1.64. The van der Waals surface area contributed by atoms with Crippen molar-refractivity contribution in [3.8, 4) is 0 Å². The minimum absolute atomic E-state index is 0.134. The number of carbonyl (C=O) groups excluding carboxylic acids is 1. The molecule has 0 aliphatic carbocycles. The molecular formula is C9H7FO2. The smallest absolute Gasteiger partial charge is 0.153 e. The lowest BCUT2D eigenvalue weighted by atomic mass is 10.1. The maximum atomic E-state index is 12.4. The molecule has 0 saturated heterocycles. The first-order valence-electron chi connectivity index (χ1n) is 3.33. The summed E-state index contributed by atoms with van der Waals surface area (Å²) in [5, 5.41) is 8.56. The van der Waals surface area contributed by atoms with Gasteiger partial charge in [-0.3, -0.25) is 4.79 Å². The largest absolute Gasteiger partial charge is 0.515 e. The second kappa shape index (κ2) is 3.67. The molecule has 0 fully saturated rings. The molecule has 0 saturated carbocycles. The van der Waals surface area contributed by atoms with Crippen molar-refractivity contribution in [1.29, 1.82) is 0 Å². The second-order valence-electron chi connectivity index (χ2n) is 2.21. The van der Waals surface area contributed by atoms with Gasteiger partial charge in [0.2, 0.25) is 0 Å². The van der Waals surface area contributed by atoms with Gasteiger partial charge in [-0.05, 0) is 17.7 Å². The van der Waals surface area contributed by atoms with Crippen LogP contribution in [0.25, 0.3) is 5.57 Å². The van der Waals surface area contributed by atoms with E-state index in [1.165, 1.54) is 24.3 Å². The number of aliphatic hydroxyl groups is 1. The highest BCUT2D eigenvalue weighted by molar-refractivity contribution is 6.06. The molecule has 1 N–H and O–H groups in total. The van der Waals surface area contributed by atoms with E-state index in [9.17, 15) is 9.18 Å². The van der Waals surface area contributed by atoms with Crippen LogP contribution in [0.3, 0.4) is 0 Å². The minimum Gasteiger partial charge on any atom is -0.515 e. The highest BCUT2D eigenvalue weighted by Gasteiger charge is 1.99. The molecule has 0 aliphatic rings. The van der Waals surface area contributed by atoms with Crippen molar-refractivity contribution in [3.05, 3.63) is 41.9 Å². The average Bonchev–Trinajstić information content (AvgIpc) is 2.10. The Bertz CT molecular complexity index is 301. The molecule has 62 valence electrons. The highest BCUT2D eigenvalue weighted by Crippen LogP contribution is 2.11. The number of aldehydes is 1. The van der Waals surface area contributed by atoms with Gasteiger partial charge in [0.25, 0.3) is 0 Å². The van der Waals surface area contributed by atoms with Crippen molar-refractivity contribution in [1.82, 2.24) is 0 Å². The van der Waals surface area contributed by atoms with Crippen LogP contribution in [0.2, 0.25) is 0 Å². The molecule has 1 rings (SSSR count). The lowest BCUT2D eigenvalue weighted by Gasteiger charge is -1.96. The summed E-state index contributed by atoms with van der Waals surface area (Å²) >= 11 is 0. The van der Waals surface area contributed by atoms with Crippen molar-refractivity contribution in [3.63, 3.8) is 0 Å². The molecule has 1 aromatic rings. The van der Waals surface area contributed by atoms with Gasteiger partial charge in [-0.2, -0.15) is 0 Å². The van der Waals surface area contributed by atoms with Gasteiger partial charge < -0.3 is 5.11 Å². The van der Waals surface area contributed by atoms with Crippen LogP contribution in [0, 0.1) is 5.82 Å². The predicted molar refractivity (Wildman–Crippen MR) is 43.1 cm³/mol. The molecule has 3 heteroatoms. The first-order valence-corrected chi connectivity index (χ1v) is 3.33. The van der Waals surface area contributed by atoms with Gasteiger partial charge in [-0.1, -0.05) is 12.1 Å². The molecule has 0 radical (unpaired) electrons. The molecule has 0 spiro atoms. The van der Waals surface area contributed by atoms with Crippen LogP contribution in [0.15, 0.2) is 30.5 Å². The zero-order valence-corrected chi connectivity index (χ0v) is 6.20. The molecule has 0 aromatic heterocycles. The monoisotopic (exact) mass is 166 g/mol. The van der Waals surface area contributed by atoms with Crippen LogP contribution >= 0.6 is 0 Å². The Morgan fingerprint density at radius 3 is 2.33 bits per heavy atom. The van der Waals surface area contributed by atoms with Gasteiger partial charge in [0.05, 0.1) is 11.8 Å². The van der Waals surface area contributed by atoms with E-state index in [1.54, 1.807) is 0 Å². The van der Waals surface area contributed by atoms with Gasteiger partial charge in [0.1, 0.15) is 5.82 Å². The van der Waals surface area contributed by atoms with Crippen LogP contribution in [-0.2, 0) is 4.79 Å². The molecule has 0 heterocycles. The number of aliphatic hydroxyl groups excluding tert-OH is 1. The SMILES string of the molecule is O=C/C(=C\O)c1ccc(F)cc1. The third kappa shape index (κ3) is 1.69. The fourth-order valence-electron chi connectivity index (χ4n) is 0.815. The zero-order valence-electron chi connectivity index (χ0n) is 6.20. The van der Waals surface area contributed by atoms with E-state index >= 15 is 0 Å². The molecule has 12 heavy (non-hydrogen) atoms. The Morgan fingerprint density at radius 2 is 1.92 bits per heavy atom. The van der Waals surface area contributed by atoms with Crippen LogP contribution in [-0.4, -0.2) is 11.4 Å². The molecule has 0 bridgehead atoms. The number of hydrogen-bond acceptors (Lipinski definition) is 2. The van der Waals surface area contributed by atoms with E-state index < -0.39 is 0 Å². The molecule has 0 aliphatic heterocycles. The van der Waals surface area contributed by atoms with E-state index in [4.69, 9.17) is 5.11 Å². The molecular weight excluding hydrogens is 159 g/mol. The first-order chi connectivity index (χ1) is 5.77. The third-order valence-electron chi connectivity index (χ3n) is 1.44. The van der Waals surface area contributed by atoms with Crippen LogP contribution in [0.5, 0.6) is 0 Å². The maximum absolute atomic E-state index is 12.4. The minimum atomic E-state index is -0.373. The summed E-state index contributed by atoms with van der Waals surface area (Å²) in [4.78, 5) is 10.3. The van der Waals surface area contributed by atoms with E-state index in [0.717, 1.165) is 0 Å². The van der Waals surface area contributed by atoms with Gasteiger partial charge in [0.15, 0.2) is 6.29 Å². The number of rotatable bonds is 2. The first kappa shape index (κ1) is 8.46. The van der Waals surface area contributed by atoms with Crippen molar-refractivity contribution in [2.45, 2.75) is 0 Å². The van der Waals surface area contributed by atoms with Crippen molar-refractivity contribution < 1.29 is 14.3 Å². The summed E-state index contributed by atoms with van der Waals surface area (Å²) in [6.45, 7) is 0. The van der Waals surface area contributed by atoms with Crippen LogP contribution in [0.4, 0.5) is 4.39 Å². The number of allylic oxidation sites excluding steroid dienone is 1. The summed E-state index contributed by atoms with van der Waals surface area (Å²) in [5.41, 5.74) is 0.629. The number of carbonyl (C=O) groups is 1. The second-order valence-corrected chi connectivity index (χ2v) is 2.21. The lowest BCUT2D eigenvalue weighted by Crippen LogP contribution is -1.85. The fourth-order valence-corrected chi connectivity index (χ4v) is 0.815. The van der Waals surface area contributed by atoms with Crippen LogP contribution in [0.1, 0.15) is 5.56 Å². The topological polar surface area (TPSA) is 37.3 Å². The summed E-state index contributed by atoms with van der Waals surface area (Å²) in [6, 6.07) is 5.29. The Labute approximate surface area is 69.0 Å². The Morgan fingerprint density at radius 1 is 1.33 bits per heavy atom. The third-order valence-corrected chi connectivity index (χ3v) is 1.44. The Kier molecular flexibility index (Phi) is 2.58. The summed E-state index contributed by atoms with van der Waals surface area (Å²) in [7, 11) is 0. The summed E-state index contributed by atoms with van der Waals surface area (Å²) in [6.07, 6.45) is 1.20. The molecule has 0 amide bonds. The summed E-state index contributed by atoms with van der Waals surface area (Å²) < 4.78 is 12.4. The van der Waals surface area contributed by atoms with E-state index in [0.29, 0.717) is 18.1 Å². The van der Waals surface area contributed by atoms with E-state index in [2.05, 4.69) is 0 Å². The van der Waals surface area contributed by atoms with Crippen molar-refractivity contribution in [2.24, 2.45) is 0 Å². The highest BCUT2D eigenvalue weighted by atomic mass is 19.1. The predicted octanol–water partition coefficient (Wildman–Crippen LogP) is 1.92. The van der Waals surface area contributed by atoms with Crippen LogP contribution < -0.4 is 0 Å². The van der Waals surface area contributed by atoms with Gasteiger partial charge in [-0.15, -0.1) is 0 Å². The average molecular weight is 166 g/mol. The van der Waals surface area contributed by atoms with Crippen molar-refractivity contribution >= 4 is 11.9 Å². The molecule has 1 aromatic carbocycles. The molecule has 0 atom stereocenters. The number of hydrogen-bond donors (Lipinski definition) is 1. The van der Waals surface area contributed by atoms with E-state index in [1.807, 2.05) is 0 Å². The Balaban J connectivity index is 3.04. The standard InChI is InChI=1S/C9H7FO2/c10-9-3-1-7(2-4-9)8(5-11)6-12/h1-6,11H/b8-5+. The van der Waals surface area contributed by atoms with Gasteiger partial charge in [-0.25, -0.2) is 4.39 Å². The maximum Gasteiger partial charge on any atom is 0.153 e. The van der Waals surface area contributed by atoms with Crippen molar-refractivity contribution in [2.75, 3.05) is 0 Å². The van der Waals surface area contributed by atoms with Gasteiger partial charge >= 0.3 is 0 Å². The quantitative estimate of drug-likeness (QED) is 0.414. The number of benzene rings is 1. The van der Waals surface area contributed by atoms with Gasteiger partial charge in [0, 0.05) is 0 Å². The normalized spacial score (nSPS) is 11.2. The number of halogens is 1. The fraction of sp³-hybridized carbons (Fsp3) is 0. The lowest BCUT2D eigenvalue weighted by molar-refractivity contribution is -0.103.